The third-order valence-corrected chi connectivity index (χ3v) is 4.40. The van der Waals surface area contributed by atoms with Gasteiger partial charge in [0.05, 0.1) is 0 Å². The molecule has 1 aliphatic rings. The zero-order chi connectivity index (χ0) is 15.9. The van der Waals surface area contributed by atoms with Gasteiger partial charge in [-0.05, 0) is 30.0 Å². The fourth-order valence-electron chi connectivity index (χ4n) is 2.50. The molecule has 0 saturated heterocycles. The fraction of sp³-hybridized carbons (Fsp3) is 0.412. The van der Waals surface area contributed by atoms with Gasteiger partial charge in [0.1, 0.15) is 5.76 Å². The van der Waals surface area contributed by atoms with Crippen LogP contribution in [-0.2, 0) is 10.2 Å². The van der Waals surface area contributed by atoms with E-state index in [0.29, 0.717) is 11.7 Å². The van der Waals surface area contributed by atoms with Crippen molar-refractivity contribution in [1.82, 2.24) is 5.16 Å². The van der Waals surface area contributed by atoms with Gasteiger partial charge in [-0.15, -0.1) is 0 Å². The van der Waals surface area contributed by atoms with Gasteiger partial charge in [0.2, 0.25) is 5.91 Å². The molecule has 3 rings (SSSR count). The van der Waals surface area contributed by atoms with Crippen molar-refractivity contribution in [2.75, 3.05) is 5.32 Å². The average Bonchev–Trinajstić information content (AvgIpc) is 3.10. The third kappa shape index (κ3) is 3.24. The molecule has 116 valence electrons. The lowest BCUT2D eigenvalue weighted by Gasteiger charge is -2.12. The summed E-state index contributed by atoms with van der Waals surface area (Å²) in [5.41, 5.74) is 1.08. The molecule has 4 nitrogen and oxygen atoms in total. The van der Waals surface area contributed by atoms with Gasteiger partial charge in [-0.2, -0.15) is 0 Å². The SMILES string of the molecule is CC(C)(C)c1cc(NC(=O)C2CC2c2cccc(Br)c2)no1. The van der Waals surface area contributed by atoms with Crippen molar-refractivity contribution < 1.29 is 9.32 Å². The normalized spacial score (nSPS) is 20.7. The first kappa shape index (κ1) is 15.3. The van der Waals surface area contributed by atoms with Gasteiger partial charge in [-0.1, -0.05) is 54.0 Å². The average molecular weight is 363 g/mol. The van der Waals surface area contributed by atoms with Gasteiger partial charge in [0.25, 0.3) is 0 Å². The Kier molecular flexibility index (Phi) is 3.85. The highest BCUT2D eigenvalue weighted by Crippen LogP contribution is 2.48. The van der Waals surface area contributed by atoms with E-state index in [1.807, 2.05) is 32.9 Å². The van der Waals surface area contributed by atoms with Crippen LogP contribution in [-0.4, -0.2) is 11.1 Å². The lowest BCUT2D eigenvalue weighted by atomic mass is 9.93. The molecule has 1 aromatic heterocycles. The lowest BCUT2D eigenvalue weighted by molar-refractivity contribution is -0.117. The minimum absolute atomic E-state index is 0.0127. The fourth-order valence-corrected chi connectivity index (χ4v) is 2.91. The molecule has 1 saturated carbocycles. The van der Waals surface area contributed by atoms with E-state index in [2.05, 4.69) is 38.5 Å². The smallest absolute Gasteiger partial charge is 0.229 e. The van der Waals surface area contributed by atoms with Crippen molar-refractivity contribution in [2.24, 2.45) is 5.92 Å². The Morgan fingerprint density at radius 1 is 1.36 bits per heavy atom. The molecule has 0 bridgehead atoms. The number of hydrogen-bond acceptors (Lipinski definition) is 3. The molecule has 1 N–H and O–H groups in total. The van der Waals surface area contributed by atoms with Crippen LogP contribution in [0.5, 0.6) is 0 Å². The second-order valence-electron chi connectivity index (χ2n) is 6.82. The molecule has 22 heavy (non-hydrogen) atoms. The summed E-state index contributed by atoms with van der Waals surface area (Å²) < 4.78 is 6.33. The van der Waals surface area contributed by atoms with Crippen molar-refractivity contribution in [3.8, 4) is 0 Å². The molecule has 1 fully saturated rings. The second kappa shape index (κ2) is 5.54. The molecule has 1 amide bonds. The Labute approximate surface area is 138 Å². The number of benzene rings is 1. The minimum atomic E-state index is -0.117. The standard InChI is InChI=1S/C17H19BrN2O2/c1-17(2,3)14-9-15(20-22-14)19-16(21)13-8-12(13)10-5-4-6-11(18)7-10/h4-7,9,12-13H,8H2,1-3H3,(H,19,20,21). The van der Waals surface area contributed by atoms with E-state index in [4.69, 9.17) is 4.52 Å². The molecule has 5 heteroatoms. The number of halogens is 1. The minimum Gasteiger partial charge on any atom is -0.359 e. The van der Waals surface area contributed by atoms with Gasteiger partial charge in [0, 0.05) is 21.9 Å². The van der Waals surface area contributed by atoms with Gasteiger partial charge in [-0.3, -0.25) is 4.79 Å². The van der Waals surface area contributed by atoms with Crippen LogP contribution in [0.15, 0.2) is 39.3 Å². The van der Waals surface area contributed by atoms with Crippen molar-refractivity contribution in [2.45, 2.75) is 38.5 Å². The summed E-state index contributed by atoms with van der Waals surface area (Å²) in [6.07, 6.45) is 0.881. The van der Waals surface area contributed by atoms with Crippen LogP contribution >= 0.6 is 15.9 Å². The topological polar surface area (TPSA) is 55.1 Å². The number of hydrogen-bond donors (Lipinski definition) is 1. The summed E-state index contributed by atoms with van der Waals surface area (Å²) in [5, 5.41) is 6.79. The summed E-state index contributed by atoms with van der Waals surface area (Å²) >= 11 is 3.47. The lowest BCUT2D eigenvalue weighted by Crippen LogP contribution is -2.15. The first-order chi connectivity index (χ1) is 10.3. The molecule has 2 atom stereocenters. The van der Waals surface area contributed by atoms with Crippen LogP contribution in [0.3, 0.4) is 0 Å². The molecule has 1 aromatic carbocycles. The Balaban J connectivity index is 1.63. The van der Waals surface area contributed by atoms with Gasteiger partial charge in [-0.25, -0.2) is 0 Å². The number of amides is 1. The van der Waals surface area contributed by atoms with E-state index in [-0.39, 0.29) is 17.2 Å². The molecule has 0 spiro atoms. The number of rotatable bonds is 3. The van der Waals surface area contributed by atoms with Crippen LogP contribution < -0.4 is 5.32 Å². The molecular weight excluding hydrogens is 344 g/mol. The van der Waals surface area contributed by atoms with Crippen LogP contribution in [0.2, 0.25) is 0 Å². The third-order valence-electron chi connectivity index (χ3n) is 3.90. The Bertz CT molecular complexity index is 703. The number of anilines is 1. The van der Waals surface area contributed by atoms with E-state index >= 15 is 0 Å². The van der Waals surface area contributed by atoms with Crippen LogP contribution in [0.25, 0.3) is 0 Å². The molecule has 1 heterocycles. The summed E-state index contributed by atoms with van der Waals surface area (Å²) in [5.74, 6) is 1.59. The maximum atomic E-state index is 12.3. The molecular formula is C17H19BrN2O2. The summed E-state index contributed by atoms with van der Waals surface area (Å²) in [7, 11) is 0. The molecule has 2 aromatic rings. The molecule has 1 aliphatic carbocycles. The first-order valence-corrected chi connectivity index (χ1v) is 8.17. The zero-order valence-corrected chi connectivity index (χ0v) is 14.5. The van der Waals surface area contributed by atoms with Gasteiger partial charge >= 0.3 is 0 Å². The zero-order valence-electron chi connectivity index (χ0n) is 12.9. The summed E-state index contributed by atoms with van der Waals surface area (Å²) in [6.45, 7) is 6.13. The predicted molar refractivity (Wildman–Crippen MR) is 88.8 cm³/mol. The Morgan fingerprint density at radius 3 is 2.77 bits per heavy atom. The summed E-state index contributed by atoms with van der Waals surface area (Å²) in [4.78, 5) is 12.3. The van der Waals surface area contributed by atoms with Crippen molar-refractivity contribution >= 4 is 27.7 Å². The largest absolute Gasteiger partial charge is 0.359 e. The van der Waals surface area contributed by atoms with Gasteiger partial charge in [0.15, 0.2) is 5.82 Å². The predicted octanol–water partition coefficient (Wildman–Crippen LogP) is 4.48. The molecule has 2 unspecified atom stereocenters. The highest BCUT2D eigenvalue weighted by Gasteiger charge is 2.44. The highest BCUT2D eigenvalue weighted by atomic mass is 79.9. The number of nitrogens with zero attached hydrogens (tertiary/aromatic N) is 1. The monoisotopic (exact) mass is 362 g/mol. The Hall–Kier alpha value is -1.62. The number of aromatic nitrogens is 1. The maximum absolute atomic E-state index is 12.3. The number of carbonyl (C=O) groups is 1. The van der Waals surface area contributed by atoms with Crippen molar-refractivity contribution in [3.63, 3.8) is 0 Å². The van der Waals surface area contributed by atoms with Crippen LogP contribution in [0.1, 0.15) is 44.4 Å². The van der Waals surface area contributed by atoms with E-state index in [9.17, 15) is 4.79 Å². The second-order valence-corrected chi connectivity index (χ2v) is 7.74. The van der Waals surface area contributed by atoms with Crippen molar-refractivity contribution in [1.29, 1.82) is 0 Å². The van der Waals surface area contributed by atoms with Crippen LogP contribution in [0, 0.1) is 5.92 Å². The van der Waals surface area contributed by atoms with E-state index < -0.39 is 0 Å². The quantitative estimate of drug-likeness (QED) is 0.875. The Morgan fingerprint density at radius 2 is 2.14 bits per heavy atom. The van der Waals surface area contributed by atoms with Gasteiger partial charge < -0.3 is 9.84 Å². The van der Waals surface area contributed by atoms with E-state index in [0.717, 1.165) is 16.7 Å². The number of nitrogens with one attached hydrogen (secondary N) is 1. The van der Waals surface area contributed by atoms with E-state index in [1.165, 1.54) is 5.56 Å². The highest BCUT2D eigenvalue weighted by molar-refractivity contribution is 9.10. The van der Waals surface area contributed by atoms with E-state index in [1.54, 1.807) is 6.07 Å². The summed E-state index contributed by atoms with van der Waals surface area (Å²) in [6, 6.07) is 9.93. The molecule has 0 aliphatic heterocycles. The van der Waals surface area contributed by atoms with Crippen LogP contribution in [0.4, 0.5) is 5.82 Å². The molecule has 0 radical (unpaired) electrons. The first-order valence-electron chi connectivity index (χ1n) is 7.38. The number of carbonyl (C=O) groups excluding carboxylic acids is 1. The van der Waals surface area contributed by atoms with Crippen molar-refractivity contribution in [3.05, 3.63) is 46.1 Å². The maximum Gasteiger partial charge on any atom is 0.229 e.